The highest BCUT2D eigenvalue weighted by atomic mass is 35.5. The highest BCUT2D eigenvalue weighted by Gasteiger charge is 2.09. The first-order valence-electron chi connectivity index (χ1n) is 7.28. The average molecular weight is 369 g/mol. The number of hydrogen-bond acceptors (Lipinski definition) is 3. The number of halogens is 2. The fourth-order valence-electron chi connectivity index (χ4n) is 1.96. The van der Waals surface area contributed by atoms with Crippen molar-refractivity contribution >= 4 is 34.6 Å². The maximum atomic E-state index is 13.1. The van der Waals surface area contributed by atoms with Gasteiger partial charge < -0.3 is 20.1 Å². The van der Waals surface area contributed by atoms with E-state index in [1.54, 1.807) is 13.2 Å². The van der Waals surface area contributed by atoms with Gasteiger partial charge >= 0.3 is 0 Å². The molecule has 4 nitrogen and oxygen atoms in total. The summed E-state index contributed by atoms with van der Waals surface area (Å²) in [6.45, 7) is 2.33. The number of methoxy groups -OCH3 is 1. The van der Waals surface area contributed by atoms with Gasteiger partial charge in [0.15, 0.2) is 16.6 Å². The van der Waals surface area contributed by atoms with E-state index < -0.39 is 5.82 Å². The first kappa shape index (κ1) is 18.3. The zero-order valence-electron chi connectivity index (χ0n) is 13.3. The largest absolute Gasteiger partial charge is 0.493 e. The van der Waals surface area contributed by atoms with E-state index in [0.717, 1.165) is 0 Å². The quantitative estimate of drug-likeness (QED) is 0.746. The molecule has 0 saturated heterocycles. The molecule has 1 atom stereocenters. The second-order valence-corrected chi connectivity index (χ2v) is 5.91. The van der Waals surface area contributed by atoms with E-state index in [1.165, 1.54) is 12.1 Å². The zero-order valence-corrected chi connectivity index (χ0v) is 14.9. The molecule has 2 rings (SSSR count). The molecule has 2 aromatic rings. The molecule has 0 aliphatic carbocycles. The van der Waals surface area contributed by atoms with E-state index in [-0.39, 0.29) is 11.1 Å². The molecule has 0 radical (unpaired) electrons. The lowest BCUT2D eigenvalue weighted by Crippen LogP contribution is -2.39. The second-order valence-electron chi connectivity index (χ2n) is 5.09. The Morgan fingerprint density at radius 2 is 1.96 bits per heavy atom. The third-order valence-electron chi connectivity index (χ3n) is 3.11. The summed E-state index contributed by atoms with van der Waals surface area (Å²) in [4.78, 5) is 0. The molecule has 128 valence electrons. The van der Waals surface area contributed by atoms with E-state index in [2.05, 4.69) is 10.6 Å². The zero-order chi connectivity index (χ0) is 17.5. The number of rotatable bonds is 6. The van der Waals surface area contributed by atoms with E-state index in [4.69, 9.17) is 33.3 Å². The standard InChI is InChI=1S/C17H18ClFN2O2S/c1-11(10-23-16-6-4-3-5-15(16)22-2)20-17(24)21-12-7-8-14(19)13(18)9-12/h3-9,11H,10H2,1-2H3,(H2,20,21,24). The number of benzene rings is 2. The molecule has 0 aliphatic rings. The lowest BCUT2D eigenvalue weighted by molar-refractivity contribution is 0.270. The van der Waals surface area contributed by atoms with Gasteiger partial charge in [0.05, 0.1) is 18.2 Å². The first-order valence-corrected chi connectivity index (χ1v) is 8.06. The van der Waals surface area contributed by atoms with Crippen molar-refractivity contribution in [2.75, 3.05) is 19.0 Å². The van der Waals surface area contributed by atoms with Gasteiger partial charge in [0.2, 0.25) is 0 Å². The maximum absolute atomic E-state index is 13.1. The van der Waals surface area contributed by atoms with E-state index in [9.17, 15) is 4.39 Å². The van der Waals surface area contributed by atoms with Crippen molar-refractivity contribution in [3.8, 4) is 11.5 Å². The minimum absolute atomic E-state index is 0.0374. The van der Waals surface area contributed by atoms with Crippen LogP contribution >= 0.6 is 23.8 Å². The fraction of sp³-hybridized carbons (Fsp3) is 0.235. The smallest absolute Gasteiger partial charge is 0.171 e. The number of nitrogens with one attached hydrogen (secondary N) is 2. The third-order valence-corrected chi connectivity index (χ3v) is 3.62. The Morgan fingerprint density at radius 1 is 1.25 bits per heavy atom. The van der Waals surface area contributed by atoms with Crippen LogP contribution in [-0.2, 0) is 0 Å². The molecular formula is C17H18ClFN2O2S. The normalized spacial score (nSPS) is 11.5. The molecule has 1 unspecified atom stereocenters. The van der Waals surface area contributed by atoms with Gasteiger partial charge in [-0.25, -0.2) is 4.39 Å². The summed E-state index contributed by atoms with van der Waals surface area (Å²) in [6.07, 6.45) is 0. The summed E-state index contributed by atoms with van der Waals surface area (Å²) < 4.78 is 24.1. The summed E-state index contributed by atoms with van der Waals surface area (Å²) in [5.41, 5.74) is 0.608. The molecule has 2 N–H and O–H groups in total. The second kappa shape index (κ2) is 8.70. The van der Waals surface area contributed by atoms with Crippen LogP contribution in [-0.4, -0.2) is 24.9 Å². The van der Waals surface area contributed by atoms with Gasteiger partial charge in [-0.1, -0.05) is 23.7 Å². The molecule has 0 heterocycles. The van der Waals surface area contributed by atoms with Crippen molar-refractivity contribution in [2.24, 2.45) is 0 Å². The van der Waals surface area contributed by atoms with Crippen LogP contribution in [0.4, 0.5) is 10.1 Å². The van der Waals surface area contributed by atoms with Crippen molar-refractivity contribution in [2.45, 2.75) is 13.0 Å². The van der Waals surface area contributed by atoms with Crippen LogP contribution in [0.2, 0.25) is 5.02 Å². The molecular weight excluding hydrogens is 351 g/mol. The summed E-state index contributed by atoms with van der Waals surface area (Å²) in [5.74, 6) is 0.865. The van der Waals surface area contributed by atoms with Crippen LogP contribution in [0.15, 0.2) is 42.5 Å². The van der Waals surface area contributed by atoms with Crippen LogP contribution in [0.1, 0.15) is 6.92 Å². The Hall–Kier alpha value is -2.05. The minimum Gasteiger partial charge on any atom is -0.493 e. The SMILES string of the molecule is COc1ccccc1OCC(C)NC(=S)Nc1ccc(F)c(Cl)c1. The summed E-state index contributed by atoms with van der Waals surface area (Å²) in [6, 6.07) is 11.7. The van der Waals surface area contributed by atoms with Crippen molar-refractivity contribution in [3.05, 3.63) is 53.3 Å². The Kier molecular flexibility index (Phi) is 6.63. The van der Waals surface area contributed by atoms with Crippen LogP contribution in [0.25, 0.3) is 0 Å². The van der Waals surface area contributed by atoms with Gasteiger partial charge in [0.25, 0.3) is 0 Å². The number of para-hydroxylation sites is 2. The van der Waals surface area contributed by atoms with Crippen LogP contribution < -0.4 is 20.1 Å². The van der Waals surface area contributed by atoms with Gasteiger partial charge in [0.1, 0.15) is 12.4 Å². The summed E-state index contributed by atoms with van der Waals surface area (Å²) in [5, 5.41) is 6.47. The third kappa shape index (κ3) is 5.25. The molecule has 0 bridgehead atoms. The molecule has 24 heavy (non-hydrogen) atoms. The van der Waals surface area contributed by atoms with E-state index in [0.29, 0.717) is 28.9 Å². The highest BCUT2D eigenvalue weighted by Crippen LogP contribution is 2.25. The van der Waals surface area contributed by atoms with E-state index >= 15 is 0 Å². The highest BCUT2D eigenvalue weighted by molar-refractivity contribution is 7.80. The molecule has 0 spiro atoms. The Morgan fingerprint density at radius 3 is 2.62 bits per heavy atom. The van der Waals surface area contributed by atoms with Gasteiger partial charge in [-0.05, 0) is 49.5 Å². The Balaban J connectivity index is 1.84. The van der Waals surface area contributed by atoms with Crippen molar-refractivity contribution in [1.29, 1.82) is 0 Å². The maximum Gasteiger partial charge on any atom is 0.171 e. The lowest BCUT2D eigenvalue weighted by Gasteiger charge is -2.18. The van der Waals surface area contributed by atoms with Crippen molar-refractivity contribution in [3.63, 3.8) is 0 Å². The Labute approximate surface area is 150 Å². The number of ether oxygens (including phenoxy) is 2. The lowest BCUT2D eigenvalue weighted by atomic mass is 10.3. The summed E-state index contributed by atoms with van der Waals surface area (Å²) >= 11 is 11.0. The molecule has 7 heteroatoms. The predicted octanol–water partition coefficient (Wildman–Crippen LogP) is 4.24. The van der Waals surface area contributed by atoms with Crippen LogP contribution in [0.5, 0.6) is 11.5 Å². The summed E-state index contributed by atoms with van der Waals surface area (Å²) in [7, 11) is 1.59. The molecule has 0 amide bonds. The molecule has 0 saturated carbocycles. The molecule has 0 fully saturated rings. The molecule has 0 aliphatic heterocycles. The fourth-order valence-corrected chi connectivity index (χ4v) is 2.46. The monoisotopic (exact) mass is 368 g/mol. The van der Waals surface area contributed by atoms with Crippen molar-refractivity contribution in [1.82, 2.24) is 5.32 Å². The van der Waals surface area contributed by atoms with Gasteiger partial charge in [-0.2, -0.15) is 0 Å². The van der Waals surface area contributed by atoms with Crippen molar-refractivity contribution < 1.29 is 13.9 Å². The number of hydrogen-bond donors (Lipinski definition) is 2. The number of anilines is 1. The Bertz CT molecular complexity index is 715. The first-order chi connectivity index (χ1) is 11.5. The molecule has 2 aromatic carbocycles. The van der Waals surface area contributed by atoms with Crippen LogP contribution in [0.3, 0.4) is 0 Å². The molecule has 0 aromatic heterocycles. The number of thiocarbonyl (C=S) groups is 1. The van der Waals surface area contributed by atoms with Crippen LogP contribution in [0, 0.1) is 5.82 Å². The van der Waals surface area contributed by atoms with E-state index in [1.807, 2.05) is 31.2 Å². The van der Waals surface area contributed by atoms with Gasteiger partial charge in [-0.15, -0.1) is 0 Å². The van der Waals surface area contributed by atoms with Gasteiger partial charge in [-0.3, -0.25) is 0 Å². The average Bonchev–Trinajstić information content (AvgIpc) is 2.56. The predicted molar refractivity (Wildman–Crippen MR) is 98.7 cm³/mol. The van der Waals surface area contributed by atoms with Gasteiger partial charge in [0, 0.05) is 5.69 Å². The minimum atomic E-state index is -0.473. The topological polar surface area (TPSA) is 42.5 Å².